The van der Waals surface area contributed by atoms with Gasteiger partial charge in [-0.3, -0.25) is 14.4 Å². The predicted molar refractivity (Wildman–Crippen MR) is 157 cm³/mol. The standard InChI is InChI=1S/C33H40O10/c1-2-31(36)40-20-8-6-4-3-5-7-19-39-27-13-15-28(16-14-27)42-32(37)24-9-11-25(12-10-24)33(38)43-29-17-18-30(41-23-35)26(21-29)22-34/h2,13-18,21-22,24-25,35H,1,3-12,19-20,23H2. The fraction of sp³-hybridized carbons (Fsp3) is 0.455. The highest BCUT2D eigenvalue weighted by atomic mass is 16.6. The zero-order valence-corrected chi connectivity index (χ0v) is 24.4. The minimum Gasteiger partial charge on any atom is -0.494 e. The average Bonchev–Trinajstić information content (AvgIpc) is 3.03. The van der Waals surface area contributed by atoms with E-state index in [1.54, 1.807) is 24.3 Å². The fourth-order valence-corrected chi connectivity index (χ4v) is 4.78. The number of unbranched alkanes of at least 4 members (excludes halogenated alkanes) is 5. The minimum absolute atomic E-state index is 0.163. The molecular weight excluding hydrogens is 556 g/mol. The zero-order chi connectivity index (χ0) is 30.9. The molecule has 10 heteroatoms. The van der Waals surface area contributed by atoms with E-state index in [2.05, 4.69) is 6.58 Å². The van der Waals surface area contributed by atoms with Crippen LogP contribution in [0.5, 0.6) is 23.0 Å². The molecule has 1 saturated carbocycles. The third-order valence-corrected chi connectivity index (χ3v) is 7.20. The van der Waals surface area contributed by atoms with E-state index in [4.69, 9.17) is 28.8 Å². The van der Waals surface area contributed by atoms with Gasteiger partial charge in [0.2, 0.25) is 0 Å². The molecule has 0 spiro atoms. The lowest BCUT2D eigenvalue weighted by atomic mass is 9.82. The van der Waals surface area contributed by atoms with Crippen LogP contribution in [0.2, 0.25) is 0 Å². The molecule has 43 heavy (non-hydrogen) atoms. The molecule has 0 aliphatic heterocycles. The molecule has 0 amide bonds. The molecule has 232 valence electrons. The molecule has 10 nitrogen and oxygen atoms in total. The van der Waals surface area contributed by atoms with E-state index in [0.717, 1.165) is 38.5 Å². The lowest BCUT2D eigenvalue weighted by Gasteiger charge is -2.25. The van der Waals surface area contributed by atoms with E-state index in [1.807, 2.05) is 0 Å². The van der Waals surface area contributed by atoms with Crippen LogP contribution in [0.1, 0.15) is 74.6 Å². The van der Waals surface area contributed by atoms with Crippen LogP contribution in [-0.2, 0) is 19.1 Å². The van der Waals surface area contributed by atoms with Crippen LogP contribution < -0.4 is 18.9 Å². The first-order chi connectivity index (χ1) is 20.9. The van der Waals surface area contributed by atoms with Gasteiger partial charge in [0.05, 0.1) is 30.6 Å². The van der Waals surface area contributed by atoms with Gasteiger partial charge in [0, 0.05) is 6.08 Å². The third-order valence-electron chi connectivity index (χ3n) is 7.20. The van der Waals surface area contributed by atoms with Crippen molar-refractivity contribution in [1.82, 2.24) is 0 Å². The monoisotopic (exact) mass is 596 g/mol. The van der Waals surface area contributed by atoms with Gasteiger partial charge in [-0.05, 0) is 81.0 Å². The molecule has 1 aliphatic carbocycles. The first-order valence-corrected chi connectivity index (χ1v) is 14.7. The largest absolute Gasteiger partial charge is 0.494 e. The second kappa shape index (κ2) is 18.4. The van der Waals surface area contributed by atoms with E-state index in [-0.39, 0.29) is 40.8 Å². The number of benzene rings is 2. The van der Waals surface area contributed by atoms with Crippen molar-refractivity contribution in [2.24, 2.45) is 11.8 Å². The lowest BCUT2D eigenvalue weighted by molar-refractivity contribution is -0.145. The molecule has 1 N–H and O–H groups in total. The molecule has 0 aromatic heterocycles. The summed E-state index contributed by atoms with van der Waals surface area (Å²) in [5.74, 6) is -0.231. The summed E-state index contributed by atoms with van der Waals surface area (Å²) in [6, 6.07) is 11.3. The molecule has 2 aromatic rings. The van der Waals surface area contributed by atoms with Crippen molar-refractivity contribution >= 4 is 24.2 Å². The number of aliphatic hydroxyl groups is 1. The summed E-state index contributed by atoms with van der Waals surface area (Å²) < 4.78 is 26.7. The van der Waals surface area contributed by atoms with Crippen LogP contribution in [0, 0.1) is 11.8 Å². The topological polar surface area (TPSA) is 135 Å². The molecule has 0 radical (unpaired) electrons. The van der Waals surface area contributed by atoms with Crippen LogP contribution in [0.4, 0.5) is 0 Å². The summed E-state index contributed by atoms with van der Waals surface area (Å²) in [6.45, 7) is 3.83. The fourth-order valence-electron chi connectivity index (χ4n) is 4.78. The number of aliphatic hydroxyl groups excluding tert-OH is 1. The van der Waals surface area contributed by atoms with E-state index >= 15 is 0 Å². The van der Waals surface area contributed by atoms with Gasteiger partial charge in [0.15, 0.2) is 13.1 Å². The summed E-state index contributed by atoms with van der Waals surface area (Å²) >= 11 is 0. The second-order valence-corrected chi connectivity index (χ2v) is 10.3. The molecule has 0 saturated heterocycles. The Morgan fingerprint density at radius 1 is 0.744 bits per heavy atom. The lowest BCUT2D eigenvalue weighted by Crippen LogP contribution is -2.30. The van der Waals surface area contributed by atoms with Gasteiger partial charge in [0.25, 0.3) is 0 Å². The van der Waals surface area contributed by atoms with Gasteiger partial charge in [-0.1, -0.05) is 32.3 Å². The van der Waals surface area contributed by atoms with Crippen molar-refractivity contribution in [3.63, 3.8) is 0 Å². The highest BCUT2D eigenvalue weighted by Crippen LogP contribution is 2.32. The Kier molecular flexibility index (Phi) is 14.2. The van der Waals surface area contributed by atoms with Crippen molar-refractivity contribution in [1.29, 1.82) is 0 Å². The summed E-state index contributed by atoms with van der Waals surface area (Å²) in [5.41, 5.74) is 0.163. The second-order valence-electron chi connectivity index (χ2n) is 10.3. The third kappa shape index (κ3) is 11.5. The zero-order valence-electron chi connectivity index (χ0n) is 24.4. The van der Waals surface area contributed by atoms with Gasteiger partial charge >= 0.3 is 17.9 Å². The Labute approximate surface area is 251 Å². The van der Waals surface area contributed by atoms with Crippen LogP contribution in [0.3, 0.4) is 0 Å². The number of hydrogen-bond acceptors (Lipinski definition) is 10. The molecule has 1 fully saturated rings. The van der Waals surface area contributed by atoms with Gasteiger partial charge in [-0.25, -0.2) is 4.79 Å². The molecule has 2 aromatic carbocycles. The maximum atomic E-state index is 12.7. The highest BCUT2D eigenvalue weighted by Gasteiger charge is 2.32. The Morgan fingerprint density at radius 2 is 1.28 bits per heavy atom. The van der Waals surface area contributed by atoms with E-state index < -0.39 is 12.8 Å². The van der Waals surface area contributed by atoms with Crippen LogP contribution >= 0.6 is 0 Å². The van der Waals surface area contributed by atoms with E-state index in [0.29, 0.717) is 56.7 Å². The van der Waals surface area contributed by atoms with Gasteiger partial charge < -0.3 is 28.8 Å². The van der Waals surface area contributed by atoms with Crippen molar-refractivity contribution < 1.29 is 48.0 Å². The minimum atomic E-state index is -0.575. The summed E-state index contributed by atoms with van der Waals surface area (Å²) in [6.07, 6.45) is 9.75. The Bertz CT molecular complexity index is 1200. The number of carbonyl (C=O) groups excluding carboxylic acids is 4. The Hall–Kier alpha value is -4.18. The van der Waals surface area contributed by atoms with Crippen LogP contribution in [0.15, 0.2) is 55.1 Å². The quantitative estimate of drug-likeness (QED) is 0.0579. The van der Waals surface area contributed by atoms with Gasteiger partial charge in [-0.15, -0.1) is 0 Å². The first-order valence-electron chi connectivity index (χ1n) is 14.7. The summed E-state index contributed by atoms with van der Waals surface area (Å²) in [5, 5.41) is 8.89. The number of esters is 3. The number of rotatable bonds is 18. The number of hydrogen-bond donors (Lipinski definition) is 1. The molecule has 1 aliphatic rings. The molecule has 0 unspecified atom stereocenters. The molecule has 0 bridgehead atoms. The number of carbonyl (C=O) groups is 4. The van der Waals surface area contributed by atoms with Crippen LogP contribution in [-0.4, -0.2) is 49.3 Å². The van der Waals surface area contributed by atoms with Crippen molar-refractivity contribution in [3.8, 4) is 23.0 Å². The molecule has 3 rings (SSSR count). The number of aldehydes is 1. The Morgan fingerprint density at radius 3 is 1.86 bits per heavy atom. The number of ether oxygens (including phenoxy) is 5. The highest BCUT2D eigenvalue weighted by molar-refractivity contribution is 5.82. The molecule has 0 heterocycles. The van der Waals surface area contributed by atoms with Crippen molar-refractivity contribution in [2.75, 3.05) is 20.0 Å². The predicted octanol–water partition coefficient (Wildman–Crippen LogP) is 5.59. The molecular formula is C33H40O10. The summed E-state index contributed by atoms with van der Waals surface area (Å²) in [7, 11) is 0. The maximum absolute atomic E-state index is 12.7. The van der Waals surface area contributed by atoms with Crippen molar-refractivity contribution in [3.05, 3.63) is 60.7 Å². The Balaban J connectivity index is 1.30. The summed E-state index contributed by atoms with van der Waals surface area (Å²) in [4.78, 5) is 47.6. The van der Waals surface area contributed by atoms with E-state index in [1.165, 1.54) is 24.3 Å². The molecule has 0 atom stereocenters. The van der Waals surface area contributed by atoms with Crippen LogP contribution in [0.25, 0.3) is 0 Å². The average molecular weight is 597 g/mol. The smallest absolute Gasteiger partial charge is 0.330 e. The first kappa shape index (κ1) is 33.3. The van der Waals surface area contributed by atoms with Gasteiger partial charge in [-0.2, -0.15) is 0 Å². The normalized spacial score (nSPS) is 16.0. The SMILES string of the molecule is C=CC(=O)OCCCCCCCCOc1ccc(OC(=O)C2CCC(C(=O)Oc3ccc(OCO)c(C=O)c3)CC2)cc1. The van der Waals surface area contributed by atoms with Gasteiger partial charge in [0.1, 0.15) is 23.0 Å². The van der Waals surface area contributed by atoms with E-state index in [9.17, 15) is 19.2 Å². The van der Waals surface area contributed by atoms with Crippen molar-refractivity contribution in [2.45, 2.75) is 64.2 Å². The maximum Gasteiger partial charge on any atom is 0.330 e.